The number of benzene rings is 1. The molecule has 0 aliphatic carbocycles. The second-order valence-corrected chi connectivity index (χ2v) is 5.38. The van der Waals surface area contributed by atoms with Gasteiger partial charge in [-0.15, -0.1) is 0 Å². The van der Waals surface area contributed by atoms with Gasteiger partial charge in [-0.1, -0.05) is 0 Å². The predicted octanol–water partition coefficient (Wildman–Crippen LogP) is 1.21. The average molecular weight is 326 g/mol. The van der Waals surface area contributed by atoms with Gasteiger partial charge in [0.05, 0.1) is 18.8 Å². The highest BCUT2D eigenvalue weighted by Gasteiger charge is 2.38. The lowest BCUT2D eigenvalue weighted by Crippen LogP contribution is -2.62. The highest BCUT2D eigenvalue weighted by molar-refractivity contribution is 5.91. The van der Waals surface area contributed by atoms with Crippen molar-refractivity contribution in [1.29, 1.82) is 0 Å². The Morgan fingerprint density at radius 3 is 2.65 bits per heavy atom. The standard InChI is InChI=1S/C14H16F2N4O3/c1-23-12-5-10(16)9(15)4-11(12)18-14(22)19-6-8(7-19)20-3-2-17-13(20)21/h4-5,8H,2-3,6-7H2,1H3,(H,17,21)(H,18,22). The van der Waals surface area contributed by atoms with Gasteiger partial charge in [0.1, 0.15) is 5.75 Å². The summed E-state index contributed by atoms with van der Waals surface area (Å²) in [4.78, 5) is 26.8. The monoisotopic (exact) mass is 326 g/mol. The van der Waals surface area contributed by atoms with Gasteiger partial charge in [0.25, 0.3) is 0 Å². The van der Waals surface area contributed by atoms with E-state index >= 15 is 0 Å². The molecule has 0 saturated carbocycles. The van der Waals surface area contributed by atoms with Gasteiger partial charge in [-0.3, -0.25) is 0 Å². The molecular formula is C14H16F2N4O3. The third-order valence-corrected chi connectivity index (χ3v) is 3.96. The van der Waals surface area contributed by atoms with Crippen LogP contribution < -0.4 is 15.4 Å². The molecule has 7 nitrogen and oxygen atoms in total. The normalized spacial score (nSPS) is 17.8. The number of hydrogen-bond acceptors (Lipinski definition) is 3. The zero-order chi connectivity index (χ0) is 16.6. The molecular weight excluding hydrogens is 310 g/mol. The predicted molar refractivity (Wildman–Crippen MR) is 77.4 cm³/mol. The first-order valence-corrected chi connectivity index (χ1v) is 7.13. The zero-order valence-corrected chi connectivity index (χ0v) is 12.4. The Morgan fingerprint density at radius 1 is 1.35 bits per heavy atom. The van der Waals surface area contributed by atoms with E-state index in [1.54, 1.807) is 4.90 Å². The van der Waals surface area contributed by atoms with E-state index in [9.17, 15) is 18.4 Å². The van der Waals surface area contributed by atoms with Crippen LogP contribution in [0.3, 0.4) is 0 Å². The molecule has 0 atom stereocenters. The van der Waals surface area contributed by atoms with E-state index in [1.165, 1.54) is 12.0 Å². The highest BCUT2D eigenvalue weighted by atomic mass is 19.2. The number of amides is 4. The summed E-state index contributed by atoms with van der Waals surface area (Å²) >= 11 is 0. The van der Waals surface area contributed by atoms with Crippen LogP contribution in [0.25, 0.3) is 0 Å². The van der Waals surface area contributed by atoms with Crippen molar-refractivity contribution < 1.29 is 23.1 Å². The molecule has 0 aromatic heterocycles. The molecule has 3 rings (SSSR count). The Hall–Kier alpha value is -2.58. The molecule has 1 aromatic carbocycles. The summed E-state index contributed by atoms with van der Waals surface area (Å²) in [5.74, 6) is -2.09. The third-order valence-electron chi connectivity index (χ3n) is 3.96. The summed E-state index contributed by atoms with van der Waals surface area (Å²) in [6.07, 6.45) is 0. The van der Waals surface area contributed by atoms with E-state index < -0.39 is 17.7 Å². The Labute approximate surface area is 131 Å². The summed E-state index contributed by atoms with van der Waals surface area (Å²) in [5, 5.41) is 5.19. The maximum atomic E-state index is 13.3. The molecule has 23 heavy (non-hydrogen) atoms. The minimum Gasteiger partial charge on any atom is -0.494 e. The van der Waals surface area contributed by atoms with E-state index in [0.717, 1.165) is 12.1 Å². The van der Waals surface area contributed by atoms with Crippen molar-refractivity contribution >= 4 is 17.7 Å². The largest absolute Gasteiger partial charge is 0.494 e. The van der Waals surface area contributed by atoms with Crippen molar-refractivity contribution in [2.75, 3.05) is 38.6 Å². The molecule has 2 aliphatic rings. The summed E-state index contributed by atoms with van der Waals surface area (Å²) in [7, 11) is 1.30. The summed E-state index contributed by atoms with van der Waals surface area (Å²) < 4.78 is 31.4. The van der Waals surface area contributed by atoms with Crippen LogP contribution in [0.2, 0.25) is 0 Å². The second-order valence-electron chi connectivity index (χ2n) is 5.38. The van der Waals surface area contributed by atoms with Gasteiger partial charge >= 0.3 is 12.1 Å². The summed E-state index contributed by atoms with van der Waals surface area (Å²) in [5.41, 5.74) is 0.0544. The van der Waals surface area contributed by atoms with Crippen molar-refractivity contribution in [2.45, 2.75) is 6.04 Å². The molecule has 1 aromatic rings. The minimum absolute atomic E-state index is 0.0184. The molecule has 2 heterocycles. The first-order chi connectivity index (χ1) is 11.0. The molecule has 2 saturated heterocycles. The van der Waals surface area contributed by atoms with Crippen LogP contribution in [0.5, 0.6) is 5.75 Å². The fourth-order valence-electron chi connectivity index (χ4n) is 2.64. The molecule has 0 spiro atoms. The van der Waals surface area contributed by atoms with E-state index in [2.05, 4.69) is 10.6 Å². The number of likely N-dealkylation sites (tertiary alicyclic amines) is 1. The maximum Gasteiger partial charge on any atom is 0.322 e. The number of methoxy groups -OCH3 is 1. The molecule has 2 fully saturated rings. The first-order valence-electron chi connectivity index (χ1n) is 7.13. The lowest BCUT2D eigenvalue weighted by molar-refractivity contribution is 0.0922. The second kappa shape index (κ2) is 5.90. The average Bonchev–Trinajstić information content (AvgIpc) is 2.87. The van der Waals surface area contributed by atoms with Crippen LogP contribution in [0.1, 0.15) is 0 Å². The zero-order valence-electron chi connectivity index (χ0n) is 12.4. The number of halogens is 2. The number of anilines is 1. The van der Waals surface area contributed by atoms with Gasteiger partial charge in [0.15, 0.2) is 11.6 Å². The number of nitrogens with zero attached hydrogens (tertiary/aromatic N) is 2. The number of urea groups is 2. The van der Waals surface area contributed by atoms with Crippen LogP contribution in [0.15, 0.2) is 12.1 Å². The number of carbonyl (C=O) groups excluding carboxylic acids is 2. The maximum absolute atomic E-state index is 13.3. The van der Waals surface area contributed by atoms with E-state index in [1.807, 2.05) is 0 Å². The SMILES string of the molecule is COc1cc(F)c(F)cc1NC(=O)N1CC(N2CCNC2=O)C1. The molecule has 4 amide bonds. The van der Waals surface area contributed by atoms with E-state index in [0.29, 0.717) is 26.2 Å². The van der Waals surface area contributed by atoms with Crippen LogP contribution in [-0.4, -0.2) is 61.2 Å². The first kappa shape index (κ1) is 15.3. The fourth-order valence-corrected chi connectivity index (χ4v) is 2.64. The molecule has 0 radical (unpaired) electrons. The summed E-state index contributed by atoms with van der Waals surface area (Å²) in [6, 6.07) is 1.15. The number of rotatable bonds is 3. The Bertz CT molecular complexity index is 649. The van der Waals surface area contributed by atoms with Crippen molar-refractivity contribution in [1.82, 2.24) is 15.1 Å². The van der Waals surface area contributed by atoms with Crippen LogP contribution in [-0.2, 0) is 0 Å². The minimum atomic E-state index is -1.07. The molecule has 124 valence electrons. The van der Waals surface area contributed by atoms with Gasteiger partial charge in [-0.2, -0.15) is 0 Å². The smallest absolute Gasteiger partial charge is 0.322 e. The van der Waals surface area contributed by atoms with Crippen LogP contribution in [0.4, 0.5) is 24.1 Å². The lowest BCUT2D eigenvalue weighted by atomic mass is 10.1. The Kier molecular flexibility index (Phi) is 3.93. The fraction of sp³-hybridized carbons (Fsp3) is 0.429. The Morgan fingerprint density at radius 2 is 2.04 bits per heavy atom. The molecule has 2 aliphatic heterocycles. The summed E-state index contributed by atoms with van der Waals surface area (Å²) in [6.45, 7) is 2.01. The van der Waals surface area contributed by atoms with Gasteiger partial charge < -0.3 is 25.2 Å². The Balaban J connectivity index is 1.61. The van der Waals surface area contributed by atoms with Crippen LogP contribution >= 0.6 is 0 Å². The number of carbonyl (C=O) groups is 2. The van der Waals surface area contributed by atoms with Gasteiger partial charge in [0, 0.05) is 38.3 Å². The molecule has 0 bridgehead atoms. The van der Waals surface area contributed by atoms with Crippen molar-refractivity contribution in [3.8, 4) is 5.75 Å². The van der Waals surface area contributed by atoms with Crippen molar-refractivity contribution in [3.63, 3.8) is 0 Å². The quantitative estimate of drug-likeness (QED) is 0.877. The van der Waals surface area contributed by atoms with E-state index in [-0.39, 0.29) is 23.5 Å². The van der Waals surface area contributed by atoms with Gasteiger partial charge in [-0.05, 0) is 0 Å². The number of nitrogens with one attached hydrogen (secondary N) is 2. The number of ether oxygens (including phenoxy) is 1. The van der Waals surface area contributed by atoms with Gasteiger partial charge in [0.2, 0.25) is 0 Å². The van der Waals surface area contributed by atoms with Crippen molar-refractivity contribution in [3.05, 3.63) is 23.8 Å². The topological polar surface area (TPSA) is 73.9 Å². The lowest BCUT2D eigenvalue weighted by Gasteiger charge is -2.43. The third kappa shape index (κ3) is 2.86. The van der Waals surface area contributed by atoms with Crippen LogP contribution in [0, 0.1) is 11.6 Å². The highest BCUT2D eigenvalue weighted by Crippen LogP contribution is 2.28. The number of hydrogen-bond donors (Lipinski definition) is 2. The van der Waals surface area contributed by atoms with Crippen molar-refractivity contribution in [2.24, 2.45) is 0 Å². The molecule has 9 heteroatoms. The van der Waals surface area contributed by atoms with E-state index in [4.69, 9.17) is 4.74 Å². The molecule has 0 unspecified atom stereocenters. The van der Waals surface area contributed by atoms with Gasteiger partial charge in [-0.25, -0.2) is 18.4 Å². The molecule has 2 N–H and O–H groups in total.